The lowest BCUT2D eigenvalue weighted by Gasteiger charge is -2.41. The van der Waals surface area contributed by atoms with Crippen LogP contribution in [0.1, 0.15) is 39.0 Å². The SMILES string of the molecule is COc1cc(-n2c3c(c4c(O)cccc42)C(C)(C)OCC3(C)C)ccc1F. The topological polar surface area (TPSA) is 43.6 Å². The van der Waals surface area contributed by atoms with Gasteiger partial charge in [0.15, 0.2) is 11.6 Å². The molecule has 2 aromatic carbocycles. The molecule has 0 unspecified atom stereocenters. The first-order chi connectivity index (χ1) is 12.7. The largest absolute Gasteiger partial charge is 0.507 e. The quantitative estimate of drug-likeness (QED) is 0.689. The second kappa shape index (κ2) is 5.73. The van der Waals surface area contributed by atoms with E-state index in [0.29, 0.717) is 6.61 Å². The second-order valence-electron chi connectivity index (χ2n) is 8.23. The molecule has 5 heteroatoms. The molecule has 1 aliphatic heterocycles. The molecule has 0 radical (unpaired) electrons. The highest BCUT2D eigenvalue weighted by atomic mass is 19.1. The maximum atomic E-state index is 14.0. The first kappa shape index (κ1) is 17.9. The summed E-state index contributed by atoms with van der Waals surface area (Å²) in [5.41, 5.74) is 2.82. The summed E-state index contributed by atoms with van der Waals surface area (Å²) in [7, 11) is 1.46. The number of ether oxygens (including phenoxy) is 2. The van der Waals surface area contributed by atoms with Gasteiger partial charge in [-0.1, -0.05) is 19.9 Å². The standard InChI is InChI=1S/C22H24FNO3/c1-21(2)12-27-22(3,4)19-18-15(7-6-8-16(18)25)24(20(19)21)13-9-10-14(23)17(11-13)26-5/h6-11,25H,12H2,1-5H3. The summed E-state index contributed by atoms with van der Waals surface area (Å²) >= 11 is 0. The number of phenolic OH excluding ortho intramolecular Hbond substituents is 1. The normalized spacial score (nSPS) is 17.7. The van der Waals surface area contributed by atoms with Crippen LogP contribution in [0, 0.1) is 5.82 Å². The van der Waals surface area contributed by atoms with E-state index in [0.717, 1.165) is 27.8 Å². The smallest absolute Gasteiger partial charge is 0.165 e. The van der Waals surface area contributed by atoms with Gasteiger partial charge in [0.1, 0.15) is 5.75 Å². The Bertz CT molecular complexity index is 1050. The van der Waals surface area contributed by atoms with E-state index in [1.165, 1.54) is 13.2 Å². The van der Waals surface area contributed by atoms with Gasteiger partial charge in [-0.25, -0.2) is 4.39 Å². The monoisotopic (exact) mass is 369 g/mol. The summed E-state index contributed by atoms with van der Waals surface area (Å²) in [6.07, 6.45) is 0. The molecule has 0 aliphatic carbocycles. The third kappa shape index (κ3) is 2.52. The molecule has 0 amide bonds. The van der Waals surface area contributed by atoms with Crippen LogP contribution in [0.2, 0.25) is 0 Å². The highest BCUT2D eigenvalue weighted by molar-refractivity contribution is 5.94. The molecule has 4 nitrogen and oxygen atoms in total. The highest BCUT2D eigenvalue weighted by Crippen LogP contribution is 2.49. The number of hydrogen-bond acceptors (Lipinski definition) is 3. The predicted molar refractivity (Wildman–Crippen MR) is 103 cm³/mol. The summed E-state index contributed by atoms with van der Waals surface area (Å²) in [6.45, 7) is 8.82. The lowest BCUT2D eigenvalue weighted by molar-refractivity contribution is -0.0590. The molecule has 0 fully saturated rings. The fourth-order valence-electron chi connectivity index (χ4n) is 4.11. The first-order valence-corrected chi connectivity index (χ1v) is 9.02. The van der Waals surface area contributed by atoms with Crippen molar-refractivity contribution in [3.63, 3.8) is 0 Å². The molecular weight excluding hydrogens is 345 g/mol. The lowest BCUT2D eigenvalue weighted by Crippen LogP contribution is -2.40. The molecule has 142 valence electrons. The summed E-state index contributed by atoms with van der Waals surface area (Å²) in [5, 5.41) is 11.5. The molecule has 3 aromatic rings. The van der Waals surface area contributed by atoms with Crippen LogP contribution >= 0.6 is 0 Å². The van der Waals surface area contributed by atoms with Crippen LogP contribution in [-0.2, 0) is 15.8 Å². The minimum absolute atomic E-state index is 0.187. The van der Waals surface area contributed by atoms with E-state index in [1.807, 2.05) is 26.0 Å². The van der Waals surface area contributed by atoms with E-state index in [1.54, 1.807) is 18.2 Å². The highest BCUT2D eigenvalue weighted by Gasteiger charge is 2.43. The number of halogens is 1. The van der Waals surface area contributed by atoms with Gasteiger partial charge in [-0.2, -0.15) is 0 Å². The maximum Gasteiger partial charge on any atom is 0.165 e. The van der Waals surface area contributed by atoms with Crippen molar-refractivity contribution in [2.24, 2.45) is 0 Å². The number of phenols is 1. The van der Waals surface area contributed by atoms with Crippen molar-refractivity contribution in [2.45, 2.75) is 38.7 Å². The Morgan fingerprint density at radius 2 is 1.89 bits per heavy atom. The number of aromatic hydroxyl groups is 1. The molecule has 0 saturated heterocycles. The van der Waals surface area contributed by atoms with Gasteiger partial charge in [-0.3, -0.25) is 0 Å². The number of methoxy groups -OCH3 is 1. The van der Waals surface area contributed by atoms with Gasteiger partial charge < -0.3 is 19.1 Å². The van der Waals surface area contributed by atoms with Crippen LogP contribution in [0.3, 0.4) is 0 Å². The van der Waals surface area contributed by atoms with Gasteiger partial charge in [0, 0.05) is 33.8 Å². The van der Waals surface area contributed by atoms with Crippen LogP contribution in [0.15, 0.2) is 36.4 Å². The van der Waals surface area contributed by atoms with E-state index in [4.69, 9.17) is 9.47 Å². The van der Waals surface area contributed by atoms with Crippen molar-refractivity contribution in [1.29, 1.82) is 0 Å². The Morgan fingerprint density at radius 3 is 2.59 bits per heavy atom. The molecule has 1 aromatic heterocycles. The van der Waals surface area contributed by atoms with E-state index in [9.17, 15) is 9.50 Å². The van der Waals surface area contributed by atoms with Crippen molar-refractivity contribution < 1.29 is 19.0 Å². The second-order valence-corrected chi connectivity index (χ2v) is 8.23. The van der Waals surface area contributed by atoms with Crippen LogP contribution in [0.4, 0.5) is 4.39 Å². The third-order valence-corrected chi connectivity index (χ3v) is 5.40. The molecule has 27 heavy (non-hydrogen) atoms. The van der Waals surface area contributed by atoms with Gasteiger partial charge in [0.2, 0.25) is 0 Å². The van der Waals surface area contributed by atoms with Crippen molar-refractivity contribution in [3.8, 4) is 17.2 Å². The Labute approximate surface area is 158 Å². The summed E-state index contributed by atoms with van der Waals surface area (Å²) < 4.78 is 27.5. The van der Waals surface area contributed by atoms with Gasteiger partial charge in [-0.15, -0.1) is 0 Å². The average molecular weight is 369 g/mol. The average Bonchev–Trinajstić information content (AvgIpc) is 2.99. The molecule has 0 saturated carbocycles. The molecule has 1 aliphatic rings. The number of aromatic nitrogens is 1. The van der Waals surface area contributed by atoms with Crippen molar-refractivity contribution in [1.82, 2.24) is 4.57 Å². The lowest BCUT2D eigenvalue weighted by atomic mass is 9.79. The van der Waals surface area contributed by atoms with Crippen LogP contribution in [0.5, 0.6) is 11.5 Å². The molecule has 0 bridgehead atoms. The Morgan fingerprint density at radius 1 is 1.15 bits per heavy atom. The summed E-state index contributed by atoms with van der Waals surface area (Å²) in [6, 6.07) is 10.3. The zero-order chi connectivity index (χ0) is 19.6. The fraction of sp³-hybridized carbons (Fsp3) is 0.364. The zero-order valence-electron chi connectivity index (χ0n) is 16.3. The molecular formula is C22H24FNO3. The fourth-order valence-corrected chi connectivity index (χ4v) is 4.11. The van der Waals surface area contributed by atoms with E-state index < -0.39 is 11.4 Å². The first-order valence-electron chi connectivity index (χ1n) is 9.02. The summed E-state index contributed by atoms with van der Waals surface area (Å²) in [5.74, 6) is -0.00400. The van der Waals surface area contributed by atoms with Crippen molar-refractivity contribution in [3.05, 3.63) is 53.5 Å². The van der Waals surface area contributed by atoms with E-state index >= 15 is 0 Å². The Hall–Kier alpha value is -2.53. The Kier molecular flexibility index (Phi) is 3.79. The van der Waals surface area contributed by atoms with E-state index in [2.05, 4.69) is 18.4 Å². The van der Waals surface area contributed by atoms with Crippen LogP contribution in [0.25, 0.3) is 16.6 Å². The van der Waals surface area contributed by atoms with E-state index in [-0.39, 0.29) is 16.9 Å². The number of nitrogens with zero attached hydrogens (tertiary/aromatic N) is 1. The number of rotatable bonds is 2. The van der Waals surface area contributed by atoms with Gasteiger partial charge in [0.25, 0.3) is 0 Å². The van der Waals surface area contributed by atoms with Crippen molar-refractivity contribution in [2.75, 3.05) is 13.7 Å². The van der Waals surface area contributed by atoms with Gasteiger partial charge in [-0.05, 0) is 38.1 Å². The minimum Gasteiger partial charge on any atom is -0.507 e. The maximum absolute atomic E-state index is 14.0. The number of benzene rings is 2. The number of fused-ring (bicyclic) bond motifs is 3. The Balaban J connectivity index is 2.18. The summed E-state index contributed by atoms with van der Waals surface area (Å²) in [4.78, 5) is 0. The molecule has 0 atom stereocenters. The molecule has 0 spiro atoms. The molecule has 2 heterocycles. The van der Waals surface area contributed by atoms with Crippen molar-refractivity contribution >= 4 is 10.9 Å². The van der Waals surface area contributed by atoms with Gasteiger partial charge >= 0.3 is 0 Å². The predicted octanol–water partition coefficient (Wildman–Crippen LogP) is 5.03. The van der Waals surface area contributed by atoms with Crippen LogP contribution < -0.4 is 4.74 Å². The van der Waals surface area contributed by atoms with Gasteiger partial charge in [0.05, 0.1) is 24.8 Å². The van der Waals surface area contributed by atoms with Crippen LogP contribution in [-0.4, -0.2) is 23.4 Å². The number of hydrogen-bond donors (Lipinski definition) is 1. The molecule has 1 N–H and O–H groups in total. The minimum atomic E-state index is -0.558. The third-order valence-electron chi connectivity index (χ3n) is 5.40. The molecule has 4 rings (SSSR count). The zero-order valence-corrected chi connectivity index (χ0v) is 16.3.